The smallest absolute Gasteiger partial charge is 0.332 e. The molecule has 0 fully saturated rings. The normalized spacial score (nSPS) is 11.3. The first kappa shape index (κ1) is 17.6. The van der Waals surface area contributed by atoms with Gasteiger partial charge in [-0.3, -0.25) is 9.59 Å². The summed E-state index contributed by atoms with van der Waals surface area (Å²) in [7, 11) is 0. The summed E-state index contributed by atoms with van der Waals surface area (Å²) in [5.74, 6) is -4.96. The number of carboxylic acids is 2. The third-order valence-corrected chi connectivity index (χ3v) is 2.13. The van der Waals surface area contributed by atoms with Gasteiger partial charge in [-0.05, 0) is 13.8 Å². The molecule has 0 unspecified atom stereocenters. The molecule has 20 heavy (non-hydrogen) atoms. The van der Waals surface area contributed by atoms with Crippen LogP contribution in [0.25, 0.3) is 0 Å². The second kappa shape index (κ2) is 8.68. The molecule has 8 heteroatoms. The highest BCUT2D eigenvalue weighted by molar-refractivity contribution is 6.03. The summed E-state index contributed by atoms with van der Waals surface area (Å²) in [5, 5.41) is 17.9. The molecule has 0 aliphatic rings. The molecule has 0 aliphatic carbocycles. The highest BCUT2D eigenvalue weighted by Crippen LogP contribution is 2.15. The first-order valence-corrected chi connectivity index (χ1v) is 5.83. The van der Waals surface area contributed by atoms with Crippen LogP contribution < -0.4 is 0 Å². The number of rotatable bonds is 8. The molecule has 0 saturated heterocycles. The van der Waals surface area contributed by atoms with E-state index in [4.69, 9.17) is 10.2 Å². The zero-order valence-corrected chi connectivity index (χ0v) is 11.2. The third kappa shape index (κ3) is 5.98. The van der Waals surface area contributed by atoms with Crippen molar-refractivity contribution in [1.82, 2.24) is 0 Å². The topological polar surface area (TPSA) is 127 Å². The van der Waals surface area contributed by atoms with Crippen LogP contribution in [0.2, 0.25) is 0 Å². The van der Waals surface area contributed by atoms with Crippen LogP contribution in [-0.4, -0.2) is 47.3 Å². The lowest BCUT2D eigenvalue weighted by Gasteiger charge is -2.08. The summed E-state index contributed by atoms with van der Waals surface area (Å²) in [6.07, 6.45) is -1.46. The fraction of sp³-hybridized carbons (Fsp3) is 0.500. The molecular formula is C12H16O8. The molecule has 112 valence electrons. The maximum atomic E-state index is 11.3. The van der Waals surface area contributed by atoms with Gasteiger partial charge in [0.2, 0.25) is 0 Å². The monoisotopic (exact) mass is 288 g/mol. The predicted molar refractivity (Wildman–Crippen MR) is 64.8 cm³/mol. The molecule has 8 nitrogen and oxygen atoms in total. The molecule has 0 rings (SSSR count). The Bertz CT molecular complexity index is 395. The Balaban J connectivity index is 5.34. The molecule has 0 aliphatic heterocycles. The van der Waals surface area contributed by atoms with Crippen LogP contribution in [0, 0.1) is 0 Å². The number of ether oxygens (including phenoxy) is 2. The van der Waals surface area contributed by atoms with Crippen molar-refractivity contribution in [2.45, 2.75) is 26.7 Å². The van der Waals surface area contributed by atoms with Gasteiger partial charge in [-0.2, -0.15) is 0 Å². The van der Waals surface area contributed by atoms with Crippen molar-refractivity contribution in [2.75, 3.05) is 13.2 Å². The maximum Gasteiger partial charge on any atom is 0.332 e. The van der Waals surface area contributed by atoms with Crippen molar-refractivity contribution in [2.24, 2.45) is 0 Å². The van der Waals surface area contributed by atoms with Crippen LogP contribution in [0.3, 0.4) is 0 Å². The van der Waals surface area contributed by atoms with Gasteiger partial charge in [0.25, 0.3) is 0 Å². The summed E-state index contributed by atoms with van der Waals surface area (Å²) in [4.78, 5) is 44.6. The molecule has 0 saturated carbocycles. The minimum atomic E-state index is -1.60. The Morgan fingerprint density at radius 3 is 1.25 bits per heavy atom. The molecule has 0 aromatic carbocycles. The van der Waals surface area contributed by atoms with Crippen LogP contribution >= 0.6 is 0 Å². The Hall–Kier alpha value is -2.38. The van der Waals surface area contributed by atoms with Gasteiger partial charge < -0.3 is 19.7 Å². The van der Waals surface area contributed by atoms with Gasteiger partial charge in [-0.25, -0.2) is 9.59 Å². The van der Waals surface area contributed by atoms with E-state index in [0.29, 0.717) is 0 Å². The van der Waals surface area contributed by atoms with E-state index in [-0.39, 0.29) is 13.2 Å². The van der Waals surface area contributed by atoms with Gasteiger partial charge in [0, 0.05) is 0 Å². The Morgan fingerprint density at radius 2 is 1.05 bits per heavy atom. The number of carboxylic acid groups (broad SMARTS) is 2. The average Bonchev–Trinajstić information content (AvgIpc) is 2.33. The lowest BCUT2D eigenvalue weighted by Crippen LogP contribution is -2.19. The first-order valence-electron chi connectivity index (χ1n) is 5.83. The SMILES string of the molecule is CCOC(=O)CC(C(=O)O)=C(CC(=O)OCC)C(=O)O. The number of hydrogen-bond acceptors (Lipinski definition) is 6. The summed E-state index contributed by atoms with van der Waals surface area (Å²) in [6, 6.07) is 0. The number of aliphatic carboxylic acids is 2. The van der Waals surface area contributed by atoms with Crippen molar-refractivity contribution in [3.05, 3.63) is 11.1 Å². The van der Waals surface area contributed by atoms with Crippen molar-refractivity contribution >= 4 is 23.9 Å². The second-order valence-electron chi connectivity index (χ2n) is 3.53. The summed E-state index contributed by atoms with van der Waals surface area (Å²) >= 11 is 0. The predicted octanol–water partition coefficient (Wildman–Crippen LogP) is 0.359. The van der Waals surface area contributed by atoms with Crippen LogP contribution in [0.1, 0.15) is 26.7 Å². The van der Waals surface area contributed by atoms with Gasteiger partial charge in [-0.1, -0.05) is 0 Å². The summed E-state index contributed by atoms with van der Waals surface area (Å²) in [6.45, 7) is 3.12. The fourth-order valence-electron chi connectivity index (χ4n) is 1.34. The van der Waals surface area contributed by atoms with Crippen molar-refractivity contribution in [3.8, 4) is 0 Å². The second-order valence-corrected chi connectivity index (χ2v) is 3.53. The van der Waals surface area contributed by atoms with E-state index in [0.717, 1.165) is 0 Å². The quantitative estimate of drug-likeness (QED) is 0.484. The highest BCUT2D eigenvalue weighted by atomic mass is 16.5. The number of hydrogen-bond donors (Lipinski definition) is 2. The maximum absolute atomic E-state index is 11.3. The standard InChI is InChI=1S/C12H16O8/c1-3-19-9(13)5-7(11(15)16)8(12(17)18)6-10(14)20-4-2/h3-6H2,1-2H3,(H,15,16)(H,17,18). The van der Waals surface area contributed by atoms with Gasteiger partial charge >= 0.3 is 23.9 Å². The zero-order chi connectivity index (χ0) is 15.7. The minimum absolute atomic E-state index is 0.0337. The van der Waals surface area contributed by atoms with Crippen molar-refractivity contribution < 1.29 is 38.9 Å². The first-order chi connectivity index (χ1) is 9.33. The lowest BCUT2D eigenvalue weighted by molar-refractivity contribution is -0.146. The Kier molecular flexibility index (Phi) is 7.64. The number of carbonyl (C=O) groups excluding carboxylic acids is 2. The fourth-order valence-corrected chi connectivity index (χ4v) is 1.34. The molecule has 0 aromatic heterocycles. The van der Waals surface area contributed by atoms with Crippen LogP contribution in [0.15, 0.2) is 11.1 Å². The highest BCUT2D eigenvalue weighted by Gasteiger charge is 2.25. The van der Waals surface area contributed by atoms with Crippen LogP contribution in [0.5, 0.6) is 0 Å². The molecular weight excluding hydrogens is 272 g/mol. The zero-order valence-electron chi connectivity index (χ0n) is 11.2. The van der Waals surface area contributed by atoms with E-state index >= 15 is 0 Å². The lowest BCUT2D eigenvalue weighted by atomic mass is 10.0. The number of carbonyl (C=O) groups is 4. The molecule has 0 amide bonds. The van der Waals surface area contributed by atoms with Crippen molar-refractivity contribution in [3.63, 3.8) is 0 Å². The van der Waals surface area contributed by atoms with Gasteiger partial charge in [0.15, 0.2) is 0 Å². The van der Waals surface area contributed by atoms with E-state index in [9.17, 15) is 19.2 Å². The van der Waals surface area contributed by atoms with Crippen molar-refractivity contribution in [1.29, 1.82) is 0 Å². The Labute approximate surface area is 115 Å². The van der Waals surface area contributed by atoms with Gasteiger partial charge in [0.05, 0.1) is 37.2 Å². The molecule has 2 N–H and O–H groups in total. The Morgan fingerprint density at radius 1 is 0.750 bits per heavy atom. The van der Waals surface area contributed by atoms with E-state index in [1.54, 1.807) is 0 Å². The van der Waals surface area contributed by atoms with Gasteiger partial charge in [-0.15, -0.1) is 0 Å². The molecule has 0 atom stereocenters. The molecule has 0 spiro atoms. The van der Waals surface area contributed by atoms with E-state index in [1.807, 2.05) is 0 Å². The molecule has 0 radical (unpaired) electrons. The summed E-state index contributed by atoms with van der Waals surface area (Å²) in [5.41, 5.74) is -1.38. The molecule has 0 aromatic rings. The van der Waals surface area contributed by atoms with Crippen LogP contribution in [-0.2, 0) is 28.7 Å². The van der Waals surface area contributed by atoms with E-state index < -0.39 is 47.9 Å². The third-order valence-electron chi connectivity index (χ3n) is 2.13. The van der Waals surface area contributed by atoms with E-state index in [2.05, 4.69) is 9.47 Å². The molecule has 0 heterocycles. The summed E-state index contributed by atoms with van der Waals surface area (Å²) < 4.78 is 9.12. The largest absolute Gasteiger partial charge is 0.478 e. The average molecular weight is 288 g/mol. The van der Waals surface area contributed by atoms with E-state index in [1.165, 1.54) is 13.8 Å². The van der Waals surface area contributed by atoms with Gasteiger partial charge in [0.1, 0.15) is 0 Å². The minimum Gasteiger partial charge on any atom is -0.478 e. The molecule has 0 bridgehead atoms. The number of esters is 2. The van der Waals surface area contributed by atoms with Crippen LogP contribution in [0.4, 0.5) is 0 Å².